The number of carbonyl (C=O) groups excluding carboxylic acids is 1. The van der Waals surface area contributed by atoms with Gasteiger partial charge < -0.3 is 10.4 Å². The van der Waals surface area contributed by atoms with E-state index in [0.717, 1.165) is 31.5 Å². The summed E-state index contributed by atoms with van der Waals surface area (Å²) in [4.78, 5) is 41.2. The Morgan fingerprint density at radius 2 is 2.08 bits per heavy atom. The SMILES string of the molecule is CCC(C)(NC(=O)c1ccc2c(=O)n3c(nc2c1)CCCCC3)C(=O)O. The van der Waals surface area contributed by atoms with Gasteiger partial charge in [0, 0.05) is 18.5 Å². The molecule has 1 unspecified atom stereocenters. The quantitative estimate of drug-likeness (QED) is 0.873. The second-order valence-corrected chi connectivity index (χ2v) is 6.97. The smallest absolute Gasteiger partial charge is 0.329 e. The molecule has 138 valence electrons. The van der Waals surface area contributed by atoms with Gasteiger partial charge >= 0.3 is 5.97 Å². The Bertz CT molecular complexity index is 934. The molecule has 1 atom stereocenters. The molecule has 0 saturated carbocycles. The zero-order valence-corrected chi connectivity index (χ0v) is 15.0. The van der Waals surface area contributed by atoms with Gasteiger partial charge in [-0.05, 0) is 44.4 Å². The monoisotopic (exact) mass is 357 g/mol. The van der Waals surface area contributed by atoms with Crippen molar-refractivity contribution in [3.8, 4) is 0 Å². The van der Waals surface area contributed by atoms with Crippen LogP contribution in [0.2, 0.25) is 0 Å². The summed E-state index contributed by atoms with van der Waals surface area (Å²) in [6.07, 6.45) is 4.03. The van der Waals surface area contributed by atoms with E-state index in [9.17, 15) is 19.5 Å². The molecule has 0 radical (unpaired) electrons. The molecule has 0 spiro atoms. The molecule has 0 saturated heterocycles. The predicted octanol–water partition coefficient (Wildman–Crippen LogP) is 2.11. The number of aryl methyl sites for hydroxylation is 1. The molecule has 1 aliphatic rings. The number of carbonyl (C=O) groups is 2. The molecule has 7 nitrogen and oxygen atoms in total. The number of amides is 1. The van der Waals surface area contributed by atoms with Gasteiger partial charge in [-0.2, -0.15) is 0 Å². The largest absolute Gasteiger partial charge is 0.480 e. The van der Waals surface area contributed by atoms with Gasteiger partial charge in [0.1, 0.15) is 11.4 Å². The van der Waals surface area contributed by atoms with Gasteiger partial charge in [0.05, 0.1) is 10.9 Å². The lowest BCUT2D eigenvalue weighted by Gasteiger charge is -2.24. The molecule has 2 aromatic rings. The van der Waals surface area contributed by atoms with E-state index in [2.05, 4.69) is 10.3 Å². The van der Waals surface area contributed by atoms with Crippen LogP contribution in [0.25, 0.3) is 10.9 Å². The number of nitrogens with zero attached hydrogens (tertiary/aromatic N) is 2. The normalized spacial score (nSPS) is 16.4. The van der Waals surface area contributed by atoms with Gasteiger partial charge in [0.25, 0.3) is 11.5 Å². The highest BCUT2D eigenvalue weighted by molar-refractivity contribution is 6.00. The standard InChI is InChI=1S/C19H23N3O4/c1-3-19(2,18(25)26)21-16(23)12-8-9-13-14(11-12)20-15-7-5-4-6-10-22(15)17(13)24/h8-9,11H,3-7,10H2,1-2H3,(H,21,23)(H,25,26). The minimum atomic E-state index is -1.34. The molecule has 7 heteroatoms. The summed E-state index contributed by atoms with van der Waals surface area (Å²) in [6, 6.07) is 4.71. The minimum Gasteiger partial charge on any atom is -0.480 e. The second-order valence-electron chi connectivity index (χ2n) is 6.97. The summed E-state index contributed by atoms with van der Waals surface area (Å²) in [6.45, 7) is 3.85. The number of carboxylic acid groups (broad SMARTS) is 1. The number of rotatable bonds is 4. The van der Waals surface area contributed by atoms with Gasteiger partial charge in [-0.15, -0.1) is 0 Å². The van der Waals surface area contributed by atoms with E-state index in [1.54, 1.807) is 29.7 Å². The Balaban J connectivity index is 2.00. The summed E-state index contributed by atoms with van der Waals surface area (Å²) in [5, 5.41) is 12.4. The Kier molecular flexibility index (Phi) is 4.80. The van der Waals surface area contributed by atoms with E-state index in [4.69, 9.17) is 0 Å². The van der Waals surface area contributed by atoms with Crippen molar-refractivity contribution in [1.82, 2.24) is 14.9 Å². The van der Waals surface area contributed by atoms with E-state index in [-0.39, 0.29) is 12.0 Å². The topological polar surface area (TPSA) is 101 Å². The van der Waals surface area contributed by atoms with Crippen LogP contribution in [0.3, 0.4) is 0 Å². The molecule has 2 heterocycles. The van der Waals surface area contributed by atoms with Crippen LogP contribution in [0.5, 0.6) is 0 Å². The maximum atomic E-state index is 12.7. The number of hydrogen-bond acceptors (Lipinski definition) is 4. The molecule has 0 bridgehead atoms. The van der Waals surface area contributed by atoms with Crippen LogP contribution in [0, 0.1) is 0 Å². The number of benzene rings is 1. The molecule has 1 aromatic heterocycles. The van der Waals surface area contributed by atoms with E-state index >= 15 is 0 Å². The van der Waals surface area contributed by atoms with Gasteiger partial charge in [-0.1, -0.05) is 13.3 Å². The second kappa shape index (κ2) is 6.90. The highest BCUT2D eigenvalue weighted by Gasteiger charge is 2.33. The van der Waals surface area contributed by atoms with Gasteiger partial charge in [0.15, 0.2) is 0 Å². The van der Waals surface area contributed by atoms with Crippen molar-refractivity contribution in [2.45, 2.75) is 58.0 Å². The Hall–Kier alpha value is -2.70. The maximum absolute atomic E-state index is 12.7. The van der Waals surface area contributed by atoms with Crippen molar-refractivity contribution in [3.63, 3.8) is 0 Å². The van der Waals surface area contributed by atoms with Crippen molar-refractivity contribution in [3.05, 3.63) is 39.9 Å². The lowest BCUT2D eigenvalue weighted by molar-refractivity contribution is -0.143. The molecule has 26 heavy (non-hydrogen) atoms. The lowest BCUT2D eigenvalue weighted by Crippen LogP contribution is -2.51. The van der Waals surface area contributed by atoms with E-state index in [0.29, 0.717) is 23.0 Å². The third-order valence-electron chi connectivity index (χ3n) is 5.15. The third kappa shape index (κ3) is 3.21. The lowest BCUT2D eigenvalue weighted by atomic mass is 9.98. The number of nitrogens with one attached hydrogen (secondary N) is 1. The summed E-state index contributed by atoms with van der Waals surface area (Å²) in [7, 11) is 0. The molecule has 0 fully saturated rings. The summed E-state index contributed by atoms with van der Waals surface area (Å²) < 4.78 is 1.73. The third-order valence-corrected chi connectivity index (χ3v) is 5.15. The summed E-state index contributed by atoms with van der Waals surface area (Å²) >= 11 is 0. The Labute approximate surface area is 151 Å². The van der Waals surface area contributed by atoms with Crippen LogP contribution in [0.15, 0.2) is 23.0 Å². The fourth-order valence-corrected chi connectivity index (χ4v) is 3.18. The number of hydrogen-bond donors (Lipinski definition) is 2. The molecule has 2 N–H and O–H groups in total. The fourth-order valence-electron chi connectivity index (χ4n) is 3.18. The summed E-state index contributed by atoms with van der Waals surface area (Å²) in [5.74, 6) is -0.826. The van der Waals surface area contributed by atoms with Crippen LogP contribution < -0.4 is 10.9 Å². The summed E-state index contributed by atoms with van der Waals surface area (Å²) in [5.41, 5.74) is -0.650. The average Bonchev–Trinajstić information content (AvgIpc) is 2.86. The molecular weight excluding hydrogens is 334 g/mol. The zero-order valence-electron chi connectivity index (χ0n) is 15.0. The van der Waals surface area contributed by atoms with Crippen LogP contribution in [-0.4, -0.2) is 32.1 Å². The number of fused-ring (bicyclic) bond motifs is 2. The van der Waals surface area contributed by atoms with Crippen molar-refractivity contribution in [2.24, 2.45) is 0 Å². The number of aromatic nitrogens is 2. The van der Waals surface area contributed by atoms with Crippen LogP contribution in [0.1, 0.15) is 55.7 Å². The molecule has 3 rings (SSSR count). The van der Waals surface area contributed by atoms with Gasteiger partial charge in [-0.3, -0.25) is 14.2 Å². The minimum absolute atomic E-state index is 0.0807. The van der Waals surface area contributed by atoms with Crippen LogP contribution in [-0.2, 0) is 17.8 Å². The highest BCUT2D eigenvalue weighted by atomic mass is 16.4. The average molecular weight is 357 g/mol. The van der Waals surface area contributed by atoms with Crippen molar-refractivity contribution in [1.29, 1.82) is 0 Å². The first kappa shape index (κ1) is 18.1. The Morgan fingerprint density at radius 3 is 2.77 bits per heavy atom. The zero-order chi connectivity index (χ0) is 18.9. The molecule has 1 aromatic carbocycles. The number of carboxylic acids is 1. The highest BCUT2D eigenvalue weighted by Crippen LogP contribution is 2.17. The molecule has 1 aliphatic heterocycles. The van der Waals surface area contributed by atoms with E-state index < -0.39 is 17.4 Å². The molecular formula is C19H23N3O4. The predicted molar refractivity (Wildman–Crippen MR) is 97.4 cm³/mol. The van der Waals surface area contributed by atoms with Crippen molar-refractivity contribution < 1.29 is 14.7 Å². The first-order valence-electron chi connectivity index (χ1n) is 8.95. The van der Waals surface area contributed by atoms with Gasteiger partial charge in [-0.25, -0.2) is 9.78 Å². The number of aliphatic carboxylic acids is 1. The molecule has 0 aliphatic carbocycles. The van der Waals surface area contributed by atoms with Gasteiger partial charge in [0.2, 0.25) is 0 Å². The first-order chi connectivity index (χ1) is 12.4. The fraction of sp³-hybridized carbons (Fsp3) is 0.474. The van der Waals surface area contributed by atoms with Crippen LogP contribution >= 0.6 is 0 Å². The Morgan fingerprint density at radius 1 is 1.31 bits per heavy atom. The first-order valence-corrected chi connectivity index (χ1v) is 8.95. The van der Waals surface area contributed by atoms with Crippen molar-refractivity contribution in [2.75, 3.05) is 0 Å². The van der Waals surface area contributed by atoms with E-state index in [1.165, 1.54) is 6.92 Å². The van der Waals surface area contributed by atoms with Crippen LogP contribution in [0.4, 0.5) is 0 Å². The maximum Gasteiger partial charge on any atom is 0.329 e. The molecule has 1 amide bonds. The van der Waals surface area contributed by atoms with E-state index in [1.807, 2.05) is 0 Å². The van der Waals surface area contributed by atoms with Crippen molar-refractivity contribution >= 4 is 22.8 Å².